The van der Waals surface area contributed by atoms with Crippen LogP contribution in [0.15, 0.2) is 18.2 Å². The average Bonchev–Trinajstić information content (AvgIpc) is 2.39. The molecule has 0 heterocycles. The number of hydrogen-bond acceptors (Lipinski definition) is 4. The lowest BCUT2D eigenvalue weighted by Gasteiger charge is -2.15. The molecule has 1 aromatic carbocycles. The third-order valence-electron chi connectivity index (χ3n) is 2.94. The smallest absolute Gasteiger partial charge is 0.161 e. The second kappa shape index (κ2) is 8.02. The van der Waals surface area contributed by atoms with Crippen LogP contribution in [0.1, 0.15) is 32.8 Å². The van der Waals surface area contributed by atoms with E-state index in [4.69, 9.17) is 15.2 Å². The zero-order chi connectivity index (χ0) is 14.3. The fourth-order valence-electron chi connectivity index (χ4n) is 1.83. The maximum atomic E-state index is 9.72. The number of nitrogens with two attached hydrogens (primary N) is 1. The number of aliphatic hydroxyl groups is 1. The summed E-state index contributed by atoms with van der Waals surface area (Å²) in [5, 5.41) is 9.72. The Morgan fingerprint density at radius 1 is 1.16 bits per heavy atom. The van der Waals surface area contributed by atoms with Crippen LogP contribution in [-0.2, 0) is 6.42 Å². The van der Waals surface area contributed by atoms with Crippen molar-refractivity contribution in [1.29, 1.82) is 0 Å². The molecule has 108 valence electrons. The van der Waals surface area contributed by atoms with Gasteiger partial charge in [-0.2, -0.15) is 0 Å². The van der Waals surface area contributed by atoms with Crippen LogP contribution >= 0.6 is 0 Å². The molecule has 4 nitrogen and oxygen atoms in total. The molecule has 0 fully saturated rings. The van der Waals surface area contributed by atoms with Gasteiger partial charge in [0.05, 0.1) is 19.3 Å². The van der Waals surface area contributed by atoms with E-state index in [1.165, 1.54) is 0 Å². The van der Waals surface area contributed by atoms with Crippen molar-refractivity contribution in [2.45, 2.75) is 45.8 Å². The Balaban J connectivity index is 2.71. The quantitative estimate of drug-likeness (QED) is 0.757. The molecule has 0 aromatic heterocycles. The summed E-state index contributed by atoms with van der Waals surface area (Å²) in [6.45, 7) is 6.92. The van der Waals surface area contributed by atoms with Gasteiger partial charge in [0.15, 0.2) is 11.5 Å². The van der Waals surface area contributed by atoms with Crippen LogP contribution in [0.4, 0.5) is 0 Å². The lowest BCUT2D eigenvalue weighted by molar-refractivity contribution is 0.141. The Morgan fingerprint density at radius 3 is 2.37 bits per heavy atom. The first-order valence-electron chi connectivity index (χ1n) is 6.90. The predicted molar refractivity (Wildman–Crippen MR) is 76.8 cm³/mol. The topological polar surface area (TPSA) is 64.7 Å². The first-order valence-corrected chi connectivity index (χ1v) is 6.90. The van der Waals surface area contributed by atoms with E-state index in [1.54, 1.807) is 0 Å². The van der Waals surface area contributed by atoms with Crippen molar-refractivity contribution in [2.24, 2.45) is 5.73 Å². The van der Waals surface area contributed by atoms with Gasteiger partial charge in [0.25, 0.3) is 0 Å². The number of ether oxygens (including phenoxy) is 2. The molecular weight excluding hydrogens is 242 g/mol. The van der Waals surface area contributed by atoms with E-state index in [1.807, 2.05) is 39.0 Å². The highest BCUT2D eigenvalue weighted by Crippen LogP contribution is 2.29. The van der Waals surface area contributed by atoms with Crippen molar-refractivity contribution in [2.75, 3.05) is 13.2 Å². The fraction of sp³-hybridized carbons (Fsp3) is 0.600. The van der Waals surface area contributed by atoms with Crippen LogP contribution < -0.4 is 15.2 Å². The summed E-state index contributed by atoms with van der Waals surface area (Å²) < 4.78 is 11.1. The van der Waals surface area contributed by atoms with Crippen LogP contribution in [0.5, 0.6) is 11.5 Å². The van der Waals surface area contributed by atoms with E-state index in [0.717, 1.165) is 23.5 Å². The lowest BCUT2D eigenvalue weighted by atomic mass is 10.0. The zero-order valence-corrected chi connectivity index (χ0v) is 12.1. The zero-order valence-electron chi connectivity index (χ0n) is 12.1. The van der Waals surface area contributed by atoms with Crippen molar-refractivity contribution in [3.8, 4) is 11.5 Å². The van der Waals surface area contributed by atoms with Crippen LogP contribution in [0.2, 0.25) is 0 Å². The van der Waals surface area contributed by atoms with E-state index in [2.05, 4.69) is 0 Å². The molecule has 2 unspecified atom stereocenters. The number of rotatable bonds is 8. The van der Waals surface area contributed by atoms with Crippen LogP contribution in [0, 0.1) is 0 Å². The maximum absolute atomic E-state index is 9.72. The molecule has 0 spiro atoms. The van der Waals surface area contributed by atoms with E-state index in [0.29, 0.717) is 19.6 Å². The Labute approximate surface area is 115 Å². The molecule has 1 aromatic rings. The minimum atomic E-state index is -0.470. The predicted octanol–water partition coefficient (Wildman–Crippen LogP) is 2.12. The van der Waals surface area contributed by atoms with E-state index >= 15 is 0 Å². The molecule has 19 heavy (non-hydrogen) atoms. The summed E-state index contributed by atoms with van der Waals surface area (Å²) in [4.78, 5) is 0. The Morgan fingerprint density at radius 2 is 1.79 bits per heavy atom. The molecule has 1 rings (SSSR count). The molecule has 3 N–H and O–H groups in total. The fourth-order valence-corrected chi connectivity index (χ4v) is 1.83. The Hall–Kier alpha value is -1.26. The number of aliphatic hydroxyl groups excluding tert-OH is 1. The lowest BCUT2D eigenvalue weighted by Crippen LogP contribution is -2.31. The highest BCUT2D eigenvalue weighted by atomic mass is 16.5. The normalized spacial score (nSPS) is 13.9. The Kier molecular flexibility index (Phi) is 6.67. The van der Waals surface area contributed by atoms with Crippen molar-refractivity contribution < 1.29 is 14.6 Å². The molecule has 0 saturated heterocycles. The molecule has 0 aliphatic heterocycles. The summed E-state index contributed by atoms with van der Waals surface area (Å²) in [5.74, 6) is 1.53. The molecule has 0 radical (unpaired) electrons. The molecule has 4 heteroatoms. The monoisotopic (exact) mass is 267 g/mol. The van der Waals surface area contributed by atoms with Crippen molar-refractivity contribution in [3.05, 3.63) is 23.8 Å². The van der Waals surface area contributed by atoms with Gasteiger partial charge < -0.3 is 20.3 Å². The summed E-state index contributed by atoms with van der Waals surface area (Å²) in [6, 6.07) is 5.69. The van der Waals surface area contributed by atoms with Gasteiger partial charge in [-0.15, -0.1) is 0 Å². The second-order valence-electron chi connectivity index (χ2n) is 4.61. The maximum Gasteiger partial charge on any atom is 0.161 e. The Bertz CT molecular complexity index is 380. The van der Waals surface area contributed by atoms with Crippen LogP contribution in [0.3, 0.4) is 0 Å². The molecule has 0 aliphatic rings. The largest absolute Gasteiger partial charge is 0.490 e. The molecule has 0 saturated carbocycles. The third kappa shape index (κ3) is 5.09. The van der Waals surface area contributed by atoms with E-state index < -0.39 is 6.10 Å². The molecule has 0 aliphatic carbocycles. The van der Waals surface area contributed by atoms with Crippen molar-refractivity contribution in [1.82, 2.24) is 0 Å². The number of aryl methyl sites for hydroxylation is 1. The number of hydrogen-bond donors (Lipinski definition) is 2. The van der Waals surface area contributed by atoms with Gasteiger partial charge in [-0.05, 0) is 51.3 Å². The highest BCUT2D eigenvalue weighted by molar-refractivity contribution is 5.43. The van der Waals surface area contributed by atoms with Crippen LogP contribution in [-0.4, -0.2) is 30.5 Å². The average molecular weight is 267 g/mol. The standard InChI is InChI=1S/C15H25NO3/c1-4-18-14-9-7-12(10-15(14)19-5-2)6-8-13(17)11(3)16/h7,9-11,13,17H,4-6,8,16H2,1-3H3. The summed E-state index contributed by atoms with van der Waals surface area (Å²) in [6.07, 6.45) is 0.953. The number of benzene rings is 1. The van der Waals surface area contributed by atoms with Gasteiger partial charge in [0, 0.05) is 6.04 Å². The van der Waals surface area contributed by atoms with E-state index in [9.17, 15) is 5.11 Å². The first kappa shape index (κ1) is 15.8. The minimum absolute atomic E-state index is 0.200. The highest BCUT2D eigenvalue weighted by Gasteiger charge is 2.11. The van der Waals surface area contributed by atoms with Crippen molar-refractivity contribution in [3.63, 3.8) is 0 Å². The third-order valence-corrected chi connectivity index (χ3v) is 2.94. The van der Waals surface area contributed by atoms with Gasteiger partial charge in [0.2, 0.25) is 0 Å². The first-order chi connectivity index (χ1) is 9.08. The minimum Gasteiger partial charge on any atom is -0.490 e. The molecule has 0 bridgehead atoms. The van der Waals surface area contributed by atoms with Gasteiger partial charge in [0.1, 0.15) is 0 Å². The van der Waals surface area contributed by atoms with Gasteiger partial charge in [-0.25, -0.2) is 0 Å². The van der Waals surface area contributed by atoms with Crippen molar-refractivity contribution >= 4 is 0 Å². The van der Waals surface area contributed by atoms with E-state index in [-0.39, 0.29) is 6.04 Å². The second-order valence-corrected chi connectivity index (χ2v) is 4.61. The van der Waals surface area contributed by atoms with Gasteiger partial charge in [-0.1, -0.05) is 6.07 Å². The van der Waals surface area contributed by atoms with Gasteiger partial charge >= 0.3 is 0 Å². The molecular formula is C15H25NO3. The summed E-state index contributed by atoms with van der Waals surface area (Å²) >= 11 is 0. The van der Waals surface area contributed by atoms with Gasteiger partial charge in [-0.3, -0.25) is 0 Å². The molecule has 2 atom stereocenters. The summed E-state index contributed by atoms with van der Waals surface area (Å²) in [7, 11) is 0. The molecule has 0 amide bonds. The summed E-state index contributed by atoms with van der Waals surface area (Å²) in [5.41, 5.74) is 6.76. The van der Waals surface area contributed by atoms with Crippen LogP contribution in [0.25, 0.3) is 0 Å². The SMILES string of the molecule is CCOc1ccc(CCC(O)C(C)N)cc1OCC.